The maximum Gasteiger partial charge on any atom is 0.280 e. The minimum atomic E-state index is -3.53. The van der Waals surface area contributed by atoms with Crippen molar-refractivity contribution in [3.05, 3.63) is 21.9 Å². The normalized spacial score (nSPS) is 22.3. The van der Waals surface area contributed by atoms with E-state index in [1.807, 2.05) is 26.0 Å². The smallest absolute Gasteiger partial charge is 0.280 e. The molecular weight excluding hydrogens is 308 g/mol. The van der Waals surface area contributed by atoms with E-state index >= 15 is 0 Å². The van der Waals surface area contributed by atoms with Crippen molar-refractivity contribution in [1.29, 1.82) is 0 Å². The molecule has 2 N–H and O–H groups in total. The molecule has 5 nitrogen and oxygen atoms in total. The van der Waals surface area contributed by atoms with Crippen LogP contribution in [0, 0.1) is 6.92 Å². The number of nitrogens with one attached hydrogen (secondary N) is 1. The second-order valence-electron chi connectivity index (χ2n) is 5.68. The molecule has 1 aliphatic rings. The highest BCUT2D eigenvalue weighted by atomic mass is 32.2. The van der Waals surface area contributed by atoms with Gasteiger partial charge in [-0.15, -0.1) is 11.3 Å². The van der Waals surface area contributed by atoms with E-state index in [1.54, 1.807) is 11.3 Å². The topological polar surface area (TPSA) is 69.6 Å². The van der Waals surface area contributed by atoms with Crippen molar-refractivity contribution < 1.29 is 13.5 Å². The highest BCUT2D eigenvalue weighted by Crippen LogP contribution is 2.21. The van der Waals surface area contributed by atoms with Crippen molar-refractivity contribution in [1.82, 2.24) is 9.03 Å². The van der Waals surface area contributed by atoms with Crippen molar-refractivity contribution in [2.24, 2.45) is 0 Å². The number of hydrogen-bond donors (Lipinski definition) is 2. The largest absolute Gasteiger partial charge is 0.395 e. The molecule has 2 unspecified atom stereocenters. The van der Waals surface area contributed by atoms with Gasteiger partial charge in [0.2, 0.25) is 0 Å². The van der Waals surface area contributed by atoms with Gasteiger partial charge >= 0.3 is 0 Å². The third kappa shape index (κ3) is 4.50. The van der Waals surface area contributed by atoms with Gasteiger partial charge in [0, 0.05) is 28.4 Å². The molecule has 0 amide bonds. The Hall–Kier alpha value is -0.470. The van der Waals surface area contributed by atoms with Crippen LogP contribution in [0.4, 0.5) is 0 Å². The zero-order chi connectivity index (χ0) is 15.5. The zero-order valence-electron chi connectivity index (χ0n) is 12.6. The van der Waals surface area contributed by atoms with Crippen LogP contribution in [-0.4, -0.2) is 43.1 Å². The number of aryl methyl sites for hydroxylation is 1. The molecule has 1 aromatic heterocycles. The summed E-state index contributed by atoms with van der Waals surface area (Å²) in [5, 5.41) is 9.36. The van der Waals surface area contributed by atoms with Crippen molar-refractivity contribution in [2.75, 3.05) is 13.2 Å². The molecule has 1 saturated heterocycles. The summed E-state index contributed by atoms with van der Waals surface area (Å²) in [6.45, 7) is 4.30. The predicted octanol–water partition coefficient (Wildman–Crippen LogP) is 1.67. The van der Waals surface area contributed by atoms with Crippen molar-refractivity contribution in [3.8, 4) is 0 Å². The summed E-state index contributed by atoms with van der Waals surface area (Å²) < 4.78 is 29.1. The van der Waals surface area contributed by atoms with Crippen molar-refractivity contribution in [2.45, 2.75) is 51.6 Å². The van der Waals surface area contributed by atoms with Gasteiger partial charge in [0.15, 0.2) is 0 Å². The Morgan fingerprint density at radius 3 is 2.86 bits per heavy atom. The average molecular weight is 332 g/mol. The number of aliphatic hydroxyl groups is 1. The summed E-state index contributed by atoms with van der Waals surface area (Å²) >= 11 is 1.69. The fraction of sp³-hybridized carbons (Fsp3) is 0.714. The first kappa shape index (κ1) is 16.9. The summed E-state index contributed by atoms with van der Waals surface area (Å²) in [6.07, 6.45) is 3.25. The number of aliphatic hydroxyl groups excluding tert-OH is 1. The summed E-state index contributed by atoms with van der Waals surface area (Å²) in [6, 6.07) is 3.65. The van der Waals surface area contributed by atoms with E-state index in [1.165, 1.54) is 14.1 Å². The fourth-order valence-electron chi connectivity index (χ4n) is 2.73. The summed E-state index contributed by atoms with van der Waals surface area (Å²) in [5.41, 5.74) is 0. The van der Waals surface area contributed by atoms with Crippen LogP contribution < -0.4 is 4.72 Å². The summed E-state index contributed by atoms with van der Waals surface area (Å²) in [5.74, 6) is 0. The molecule has 2 rings (SSSR count). The highest BCUT2D eigenvalue weighted by Gasteiger charge is 2.32. The molecule has 0 radical (unpaired) electrons. The highest BCUT2D eigenvalue weighted by molar-refractivity contribution is 7.87. The van der Waals surface area contributed by atoms with E-state index < -0.39 is 10.2 Å². The lowest BCUT2D eigenvalue weighted by atomic mass is 10.1. The lowest BCUT2D eigenvalue weighted by molar-refractivity contribution is 0.153. The summed E-state index contributed by atoms with van der Waals surface area (Å²) in [7, 11) is -3.53. The molecule has 2 heterocycles. The number of hydrogen-bond acceptors (Lipinski definition) is 4. The van der Waals surface area contributed by atoms with Gasteiger partial charge in [0.25, 0.3) is 10.2 Å². The third-order valence-corrected chi connectivity index (χ3v) is 6.57. The molecule has 1 aliphatic heterocycles. The van der Waals surface area contributed by atoms with Gasteiger partial charge in [0.05, 0.1) is 6.61 Å². The van der Waals surface area contributed by atoms with Gasteiger partial charge in [0.1, 0.15) is 0 Å². The number of thiophene rings is 1. The number of rotatable bonds is 6. The van der Waals surface area contributed by atoms with Crippen LogP contribution >= 0.6 is 11.3 Å². The molecule has 0 aliphatic carbocycles. The molecule has 0 saturated carbocycles. The van der Waals surface area contributed by atoms with Gasteiger partial charge in [-0.05, 0) is 45.2 Å². The van der Waals surface area contributed by atoms with E-state index in [2.05, 4.69) is 4.72 Å². The Kier molecular flexibility index (Phi) is 5.79. The first-order valence-corrected chi connectivity index (χ1v) is 9.63. The number of nitrogens with zero attached hydrogens (tertiary/aromatic N) is 1. The van der Waals surface area contributed by atoms with E-state index in [0.717, 1.165) is 19.3 Å². The van der Waals surface area contributed by atoms with Crippen molar-refractivity contribution >= 4 is 21.5 Å². The molecule has 0 spiro atoms. The van der Waals surface area contributed by atoms with Crippen LogP contribution in [0.3, 0.4) is 0 Å². The number of piperidine rings is 1. The van der Waals surface area contributed by atoms with Crippen LogP contribution in [0.25, 0.3) is 0 Å². The molecule has 0 aromatic carbocycles. The monoisotopic (exact) mass is 332 g/mol. The molecule has 0 bridgehead atoms. The Morgan fingerprint density at radius 1 is 1.48 bits per heavy atom. The van der Waals surface area contributed by atoms with Crippen molar-refractivity contribution in [3.63, 3.8) is 0 Å². The molecular formula is C14H24N2O3S2. The Labute approximate surface area is 131 Å². The first-order chi connectivity index (χ1) is 9.92. The van der Waals surface area contributed by atoms with Crippen LogP contribution in [0.5, 0.6) is 0 Å². The van der Waals surface area contributed by atoms with Gasteiger partial charge in [-0.3, -0.25) is 0 Å². The molecule has 1 aromatic rings. The van der Waals surface area contributed by atoms with E-state index in [-0.39, 0.29) is 18.7 Å². The lowest BCUT2D eigenvalue weighted by Crippen LogP contribution is -2.52. The molecule has 7 heteroatoms. The maximum absolute atomic E-state index is 12.5. The Bertz CT molecular complexity index is 556. The molecule has 21 heavy (non-hydrogen) atoms. The minimum absolute atomic E-state index is 0.112. The molecule has 1 fully saturated rings. The quantitative estimate of drug-likeness (QED) is 0.832. The van der Waals surface area contributed by atoms with Gasteiger partial charge in [-0.1, -0.05) is 6.42 Å². The summed E-state index contributed by atoms with van der Waals surface area (Å²) in [4.78, 5) is 2.41. The molecule has 2 atom stereocenters. The second kappa shape index (κ2) is 7.19. The van der Waals surface area contributed by atoms with Gasteiger partial charge in [-0.25, -0.2) is 0 Å². The van der Waals surface area contributed by atoms with Crippen LogP contribution in [0.2, 0.25) is 0 Å². The van der Waals surface area contributed by atoms with Crippen LogP contribution in [0.15, 0.2) is 12.1 Å². The minimum Gasteiger partial charge on any atom is -0.395 e. The SMILES string of the molecule is Cc1ccc(CC(C)NS(=O)(=O)N2CCCCC2CO)s1. The van der Waals surface area contributed by atoms with E-state index in [9.17, 15) is 13.5 Å². The Morgan fingerprint density at radius 2 is 2.24 bits per heavy atom. The second-order valence-corrected chi connectivity index (χ2v) is 8.71. The predicted molar refractivity (Wildman–Crippen MR) is 85.7 cm³/mol. The Balaban J connectivity index is 1.99. The molecule has 120 valence electrons. The van der Waals surface area contributed by atoms with Gasteiger partial charge < -0.3 is 5.11 Å². The van der Waals surface area contributed by atoms with E-state index in [4.69, 9.17) is 0 Å². The van der Waals surface area contributed by atoms with E-state index in [0.29, 0.717) is 13.0 Å². The maximum atomic E-state index is 12.5. The zero-order valence-corrected chi connectivity index (χ0v) is 14.2. The fourth-order valence-corrected chi connectivity index (χ4v) is 5.41. The van der Waals surface area contributed by atoms with Crippen LogP contribution in [0.1, 0.15) is 35.9 Å². The average Bonchev–Trinajstić information content (AvgIpc) is 2.83. The first-order valence-electron chi connectivity index (χ1n) is 7.37. The van der Waals surface area contributed by atoms with Gasteiger partial charge in [-0.2, -0.15) is 17.4 Å². The standard InChI is InChI=1S/C14H24N2O3S2/c1-11(9-14-7-6-12(2)20-14)15-21(18,19)16-8-4-3-5-13(16)10-17/h6-7,11,13,15,17H,3-5,8-10H2,1-2H3. The lowest BCUT2D eigenvalue weighted by Gasteiger charge is -2.34. The third-order valence-electron chi connectivity index (χ3n) is 3.75. The van der Waals surface area contributed by atoms with Crippen LogP contribution in [-0.2, 0) is 16.6 Å².